The van der Waals surface area contributed by atoms with Crippen molar-refractivity contribution in [1.29, 1.82) is 0 Å². The van der Waals surface area contributed by atoms with Gasteiger partial charge in [0.25, 0.3) is 10.0 Å². The molecule has 0 spiro atoms. The van der Waals surface area contributed by atoms with Crippen LogP contribution < -0.4 is 10.0 Å². The number of benzene rings is 3. The van der Waals surface area contributed by atoms with Crippen LogP contribution in [0.4, 0.5) is 5.69 Å². The number of rotatable bonds is 3. The fourth-order valence-electron chi connectivity index (χ4n) is 3.47. The highest BCUT2D eigenvalue weighted by Crippen LogP contribution is 2.29. The third-order valence-corrected chi connectivity index (χ3v) is 6.21. The summed E-state index contributed by atoms with van der Waals surface area (Å²) in [6, 6.07) is 17.0. The molecular weight excluding hydrogens is 368 g/mol. The summed E-state index contributed by atoms with van der Waals surface area (Å²) in [5.41, 5.74) is 3.96. The summed E-state index contributed by atoms with van der Waals surface area (Å²) in [4.78, 5) is 0.315. The fourth-order valence-corrected chi connectivity index (χ4v) is 4.77. The zero-order valence-electron chi connectivity index (χ0n) is 14.5. The summed E-state index contributed by atoms with van der Waals surface area (Å²) >= 11 is 0. The van der Waals surface area contributed by atoms with Crippen molar-refractivity contribution in [2.24, 2.45) is 0 Å². The van der Waals surface area contributed by atoms with Crippen molar-refractivity contribution in [3.8, 4) is 0 Å². The van der Waals surface area contributed by atoms with Crippen LogP contribution in [-0.4, -0.2) is 15.0 Å². The Kier molecular flexibility index (Phi) is 5.23. The summed E-state index contributed by atoms with van der Waals surface area (Å²) in [5.74, 6) is 0. The quantitative estimate of drug-likeness (QED) is 0.712. The minimum atomic E-state index is -3.67. The highest BCUT2D eigenvalue weighted by molar-refractivity contribution is 7.93. The summed E-state index contributed by atoms with van der Waals surface area (Å²) < 4.78 is 29.0. The van der Waals surface area contributed by atoms with E-state index >= 15 is 0 Å². The van der Waals surface area contributed by atoms with Gasteiger partial charge in [0, 0.05) is 11.9 Å². The van der Waals surface area contributed by atoms with Gasteiger partial charge in [0.1, 0.15) is 0 Å². The van der Waals surface area contributed by atoms with E-state index in [1.165, 1.54) is 5.56 Å². The third-order valence-electron chi connectivity index (χ3n) is 4.78. The van der Waals surface area contributed by atoms with Crippen LogP contribution in [0.15, 0.2) is 59.5 Å². The van der Waals surface area contributed by atoms with Gasteiger partial charge in [-0.1, -0.05) is 42.5 Å². The largest absolute Gasteiger partial charge is 0.312 e. The molecule has 4 rings (SSSR count). The van der Waals surface area contributed by atoms with Crippen LogP contribution >= 0.6 is 12.4 Å². The molecule has 1 aliphatic rings. The second kappa shape index (κ2) is 7.27. The Morgan fingerprint density at radius 2 is 1.73 bits per heavy atom. The lowest BCUT2D eigenvalue weighted by molar-refractivity contribution is 0.601. The molecule has 3 aromatic rings. The highest BCUT2D eigenvalue weighted by atomic mass is 35.5. The summed E-state index contributed by atoms with van der Waals surface area (Å²) in [7, 11) is -3.67. The molecule has 0 radical (unpaired) electrons. The molecule has 0 aliphatic carbocycles. The van der Waals surface area contributed by atoms with E-state index in [0.717, 1.165) is 34.9 Å². The molecule has 0 unspecified atom stereocenters. The van der Waals surface area contributed by atoms with E-state index in [0.29, 0.717) is 17.1 Å². The van der Waals surface area contributed by atoms with E-state index in [9.17, 15) is 8.42 Å². The van der Waals surface area contributed by atoms with Crippen molar-refractivity contribution in [1.82, 2.24) is 5.32 Å². The summed E-state index contributed by atoms with van der Waals surface area (Å²) in [6.07, 6.45) is 0.915. The maximum absolute atomic E-state index is 13.1. The number of sulfonamides is 1. The SMILES string of the molecule is Cc1ccc(S(=O)(=O)Nc2cccc3c2CNCC3)c2ccccc12.Cl. The van der Waals surface area contributed by atoms with Gasteiger partial charge in [0.15, 0.2) is 0 Å². The Bertz CT molecular complexity index is 1060. The first kappa shape index (κ1) is 18.7. The number of halogens is 1. The molecule has 0 saturated carbocycles. The molecule has 4 nitrogen and oxygen atoms in total. The third kappa shape index (κ3) is 3.30. The average Bonchev–Trinajstić information content (AvgIpc) is 2.62. The maximum Gasteiger partial charge on any atom is 0.262 e. The van der Waals surface area contributed by atoms with Gasteiger partial charge in [-0.3, -0.25) is 4.72 Å². The summed E-state index contributed by atoms with van der Waals surface area (Å²) in [6.45, 7) is 3.60. The van der Waals surface area contributed by atoms with Crippen molar-refractivity contribution >= 4 is 38.9 Å². The first-order valence-electron chi connectivity index (χ1n) is 8.39. The first-order valence-corrected chi connectivity index (χ1v) is 9.87. The van der Waals surface area contributed by atoms with Gasteiger partial charge in [-0.2, -0.15) is 0 Å². The molecule has 0 fully saturated rings. The van der Waals surface area contributed by atoms with Gasteiger partial charge >= 0.3 is 0 Å². The second-order valence-corrected chi connectivity index (χ2v) is 8.05. The molecule has 0 aromatic heterocycles. The number of nitrogens with one attached hydrogen (secondary N) is 2. The molecule has 0 saturated heterocycles. The topological polar surface area (TPSA) is 58.2 Å². The Morgan fingerprint density at radius 1 is 0.962 bits per heavy atom. The molecule has 3 aromatic carbocycles. The van der Waals surface area contributed by atoms with Crippen molar-refractivity contribution in [2.45, 2.75) is 24.8 Å². The second-order valence-electron chi connectivity index (χ2n) is 6.40. The molecule has 26 heavy (non-hydrogen) atoms. The minimum absolute atomic E-state index is 0. The van der Waals surface area contributed by atoms with Crippen LogP contribution in [-0.2, 0) is 23.0 Å². The lowest BCUT2D eigenvalue weighted by Gasteiger charge is -2.21. The van der Waals surface area contributed by atoms with Crippen LogP contribution in [0.5, 0.6) is 0 Å². The molecule has 6 heteroatoms. The van der Waals surface area contributed by atoms with Crippen LogP contribution in [0.1, 0.15) is 16.7 Å². The maximum atomic E-state index is 13.1. The smallest absolute Gasteiger partial charge is 0.262 e. The molecule has 0 bridgehead atoms. The number of hydrogen-bond donors (Lipinski definition) is 2. The van der Waals surface area contributed by atoms with Crippen LogP contribution in [0.25, 0.3) is 10.8 Å². The number of aryl methyl sites for hydroxylation is 1. The van der Waals surface area contributed by atoms with E-state index < -0.39 is 10.0 Å². The van der Waals surface area contributed by atoms with Crippen LogP contribution in [0, 0.1) is 6.92 Å². The van der Waals surface area contributed by atoms with Crippen molar-refractivity contribution in [2.75, 3.05) is 11.3 Å². The Morgan fingerprint density at radius 3 is 2.54 bits per heavy atom. The van der Waals surface area contributed by atoms with E-state index in [1.54, 1.807) is 6.07 Å². The molecule has 1 heterocycles. The number of anilines is 1. The predicted octanol–water partition coefficient (Wildman–Crippen LogP) is 4.02. The van der Waals surface area contributed by atoms with E-state index in [1.807, 2.05) is 49.4 Å². The standard InChI is InChI=1S/C20H20N2O2S.ClH/c1-14-9-10-20(17-7-3-2-6-16(14)17)25(23,24)22-19-8-4-5-15-11-12-21-13-18(15)19;/h2-10,21-22H,11-13H2,1H3;1H. The molecular formula is C20H21ClN2O2S. The number of fused-ring (bicyclic) bond motifs is 2. The van der Waals surface area contributed by atoms with E-state index in [4.69, 9.17) is 0 Å². The lowest BCUT2D eigenvalue weighted by Crippen LogP contribution is -2.25. The first-order chi connectivity index (χ1) is 12.1. The Labute approximate surface area is 160 Å². The van der Waals surface area contributed by atoms with Gasteiger partial charge in [0.2, 0.25) is 0 Å². The zero-order valence-corrected chi connectivity index (χ0v) is 16.1. The fraction of sp³-hybridized carbons (Fsp3) is 0.200. The zero-order chi connectivity index (χ0) is 17.4. The predicted molar refractivity (Wildman–Crippen MR) is 109 cm³/mol. The van der Waals surface area contributed by atoms with Gasteiger partial charge in [0.05, 0.1) is 10.6 Å². The molecule has 2 N–H and O–H groups in total. The average molecular weight is 389 g/mol. The van der Waals surface area contributed by atoms with Gasteiger partial charge in [-0.15, -0.1) is 12.4 Å². The molecule has 0 amide bonds. The van der Waals surface area contributed by atoms with E-state index in [-0.39, 0.29) is 12.4 Å². The molecule has 136 valence electrons. The van der Waals surface area contributed by atoms with Gasteiger partial charge < -0.3 is 5.32 Å². The van der Waals surface area contributed by atoms with E-state index in [2.05, 4.69) is 16.1 Å². The summed E-state index contributed by atoms with van der Waals surface area (Å²) in [5, 5.41) is 5.02. The monoisotopic (exact) mass is 388 g/mol. The molecule has 0 atom stereocenters. The van der Waals surface area contributed by atoms with Crippen molar-refractivity contribution in [3.05, 3.63) is 71.3 Å². The highest BCUT2D eigenvalue weighted by Gasteiger charge is 2.21. The lowest BCUT2D eigenvalue weighted by atomic mass is 10.00. The normalized spacial score (nSPS) is 13.7. The number of hydrogen-bond acceptors (Lipinski definition) is 3. The molecule has 1 aliphatic heterocycles. The van der Waals surface area contributed by atoms with Crippen LogP contribution in [0.2, 0.25) is 0 Å². The van der Waals surface area contributed by atoms with Crippen molar-refractivity contribution in [3.63, 3.8) is 0 Å². The Hall–Kier alpha value is -2.08. The van der Waals surface area contributed by atoms with Crippen molar-refractivity contribution < 1.29 is 8.42 Å². The van der Waals surface area contributed by atoms with Crippen LogP contribution in [0.3, 0.4) is 0 Å². The van der Waals surface area contributed by atoms with Gasteiger partial charge in [-0.05, 0) is 54.1 Å². The van der Waals surface area contributed by atoms with Gasteiger partial charge in [-0.25, -0.2) is 8.42 Å². The minimum Gasteiger partial charge on any atom is -0.312 e. The Balaban J connectivity index is 0.00000196.